The van der Waals surface area contributed by atoms with Crippen molar-refractivity contribution in [2.75, 3.05) is 45.3 Å². The van der Waals surface area contributed by atoms with Crippen molar-refractivity contribution in [1.82, 2.24) is 4.90 Å². The highest BCUT2D eigenvalue weighted by Crippen LogP contribution is 2.43. The lowest BCUT2D eigenvalue weighted by atomic mass is 10.1. The maximum atomic E-state index is 12.7. The van der Waals surface area contributed by atoms with E-state index in [-0.39, 0.29) is 6.73 Å². The first-order valence-corrected chi connectivity index (χ1v) is 15.1. The number of quaternary nitrogens is 1. The zero-order valence-electron chi connectivity index (χ0n) is 24.4. The van der Waals surface area contributed by atoms with Gasteiger partial charge in [0.05, 0.1) is 55.2 Å². The molecule has 2 unspecified atom stereocenters. The van der Waals surface area contributed by atoms with E-state index in [4.69, 9.17) is 19.2 Å². The number of fused-ring (bicyclic) bond motifs is 1. The number of ether oxygens (including phenoxy) is 3. The Bertz CT molecular complexity index is 1400. The number of amidine groups is 1. The lowest BCUT2D eigenvalue weighted by Crippen LogP contribution is -2.59. The van der Waals surface area contributed by atoms with Crippen LogP contribution in [0.4, 0.5) is 11.4 Å². The number of esters is 3. The van der Waals surface area contributed by atoms with Crippen LogP contribution >= 0.6 is 11.8 Å². The summed E-state index contributed by atoms with van der Waals surface area (Å²) in [5.74, 6) is -1.08. The number of thioether (sulfide) groups is 1. The minimum Gasteiger partial charge on any atom is -0.448 e. The van der Waals surface area contributed by atoms with E-state index in [0.29, 0.717) is 15.3 Å². The lowest BCUT2D eigenvalue weighted by Gasteiger charge is -2.42. The molecule has 2 aromatic carbocycles. The zero-order chi connectivity index (χ0) is 29.9. The van der Waals surface area contributed by atoms with Crippen LogP contribution in [0, 0.1) is 0 Å². The van der Waals surface area contributed by atoms with Gasteiger partial charge < -0.3 is 24.4 Å². The number of rotatable bonds is 7. The molecule has 0 spiro atoms. The molecule has 1 fully saturated rings. The van der Waals surface area contributed by atoms with Gasteiger partial charge in [-0.05, 0) is 44.5 Å². The van der Waals surface area contributed by atoms with Gasteiger partial charge in [0.1, 0.15) is 5.84 Å². The summed E-state index contributed by atoms with van der Waals surface area (Å²) in [6.45, 7) is 8.29. The maximum absolute atomic E-state index is 12.7. The topological polar surface area (TPSA) is 107 Å². The highest BCUT2D eigenvalue weighted by Gasteiger charge is 2.36. The second-order valence-electron chi connectivity index (χ2n) is 11.2. The Morgan fingerprint density at radius 2 is 1.67 bits per heavy atom. The minimum absolute atomic E-state index is 0.158. The molecule has 42 heavy (non-hydrogen) atoms. The van der Waals surface area contributed by atoms with Crippen LogP contribution in [-0.2, 0) is 23.8 Å². The zero-order valence-corrected chi connectivity index (χ0v) is 25.2. The van der Waals surface area contributed by atoms with Gasteiger partial charge in [0.15, 0.2) is 12.2 Å². The van der Waals surface area contributed by atoms with Crippen molar-refractivity contribution in [3.63, 3.8) is 0 Å². The standard InChI is InChI=1S/C31H37N4O6S/c1-20-18-24-27(32-25-12-8-9-13-26(25)33-28(24)42-20)34-14-16-35(4,17-15-34)19-39-29(36)21(2)40-30(37)22(3)41-31(38)23-10-6-5-7-11-23/h5-13,20-22,33H,14-19H2,1-4H3/q+1/t20?,21?,22-/m0/s1. The number of para-hydroxylation sites is 2. The van der Waals surface area contributed by atoms with Crippen molar-refractivity contribution in [2.45, 2.75) is 44.6 Å². The summed E-state index contributed by atoms with van der Waals surface area (Å²) in [5, 5.41) is 5.26. The Labute approximate surface area is 250 Å². The molecule has 0 radical (unpaired) electrons. The summed E-state index contributed by atoms with van der Waals surface area (Å²) >= 11 is 1.85. The molecular weight excluding hydrogens is 556 g/mol. The lowest BCUT2D eigenvalue weighted by molar-refractivity contribution is -0.929. The number of anilines is 1. The van der Waals surface area contributed by atoms with Crippen molar-refractivity contribution < 1.29 is 33.1 Å². The Hall–Kier alpha value is -3.83. The third-order valence-corrected chi connectivity index (χ3v) is 8.77. The maximum Gasteiger partial charge on any atom is 0.351 e. The average Bonchev–Trinajstić information content (AvgIpc) is 3.28. The SMILES string of the molecule is CC1CC2=C(Nc3ccccc3N=C2N2CC[N+](C)(COC(=O)C(C)OC(=O)[C@H](C)OC(=O)c3ccccc3)CC2)S1. The number of aliphatic imine (C=N–C) groups is 1. The Morgan fingerprint density at radius 1 is 1.00 bits per heavy atom. The second-order valence-corrected chi connectivity index (χ2v) is 12.6. The number of piperazine rings is 1. The number of nitrogens with one attached hydrogen (secondary N) is 1. The number of hydrogen-bond acceptors (Lipinski definition) is 10. The number of nitrogens with zero attached hydrogens (tertiary/aromatic N) is 3. The smallest absolute Gasteiger partial charge is 0.351 e. The molecule has 3 aliphatic rings. The molecule has 0 aliphatic carbocycles. The van der Waals surface area contributed by atoms with Gasteiger partial charge in [-0.2, -0.15) is 0 Å². The van der Waals surface area contributed by atoms with Crippen LogP contribution in [0.2, 0.25) is 0 Å². The van der Waals surface area contributed by atoms with E-state index >= 15 is 0 Å². The average molecular weight is 594 g/mol. The second kappa shape index (κ2) is 12.6. The van der Waals surface area contributed by atoms with E-state index in [9.17, 15) is 14.4 Å². The monoisotopic (exact) mass is 593 g/mol. The van der Waals surface area contributed by atoms with Crippen LogP contribution in [0.25, 0.3) is 0 Å². The van der Waals surface area contributed by atoms with Gasteiger partial charge in [0.25, 0.3) is 0 Å². The van der Waals surface area contributed by atoms with E-state index < -0.39 is 30.1 Å². The molecule has 3 aliphatic heterocycles. The first-order valence-electron chi connectivity index (χ1n) is 14.2. The number of carbonyl (C=O) groups excluding carboxylic acids is 3. The van der Waals surface area contributed by atoms with E-state index in [0.717, 1.165) is 49.8 Å². The van der Waals surface area contributed by atoms with Crippen molar-refractivity contribution in [3.8, 4) is 0 Å². The van der Waals surface area contributed by atoms with Crippen LogP contribution in [0.5, 0.6) is 0 Å². The first-order chi connectivity index (χ1) is 20.1. The molecule has 3 heterocycles. The van der Waals surface area contributed by atoms with Crippen molar-refractivity contribution in [2.24, 2.45) is 4.99 Å². The van der Waals surface area contributed by atoms with Crippen LogP contribution in [0.15, 0.2) is 70.2 Å². The molecule has 10 nitrogen and oxygen atoms in total. The van der Waals surface area contributed by atoms with Crippen molar-refractivity contribution >= 4 is 46.9 Å². The minimum atomic E-state index is -1.17. The van der Waals surface area contributed by atoms with Gasteiger partial charge in [0.2, 0.25) is 6.73 Å². The van der Waals surface area contributed by atoms with Crippen LogP contribution in [0.1, 0.15) is 37.6 Å². The molecule has 0 bridgehead atoms. The molecule has 222 valence electrons. The number of hydrogen-bond donors (Lipinski definition) is 1. The van der Waals surface area contributed by atoms with Gasteiger partial charge in [-0.3, -0.25) is 4.48 Å². The molecule has 0 amide bonds. The summed E-state index contributed by atoms with van der Waals surface area (Å²) < 4.78 is 16.5. The summed E-state index contributed by atoms with van der Waals surface area (Å²) in [4.78, 5) is 44.8. The molecule has 3 atom stereocenters. The molecule has 1 N–H and O–H groups in total. The van der Waals surface area contributed by atoms with Crippen LogP contribution in [0.3, 0.4) is 0 Å². The van der Waals surface area contributed by atoms with Gasteiger partial charge in [-0.1, -0.05) is 37.3 Å². The highest BCUT2D eigenvalue weighted by atomic mass is 32.2. The third-order valence-electron chi connectivity index (χ3n) is 7.62. The molecule has 1 saturated heterocycles. The van der Waals surface area contributed by atoms with Gasteiger partial charge in [-0.15, -0.1) is 11.8 Å². The summed E-state index contributed by atoms with van der Waals surface area (Å²) in [5.41, 5.74) is 3.53. The Balaban J connectivity index is 1.13. The van der Waals surface area contributed by atoms with Crippen molar-refractivity contribution in [1.29, 1.82) is 0 Å². The van der Waals surface area contributed by atoms with Gasteiger partial charge >= 0.3 is 17.9 Å². The first kappa shape index (κ1) is 29.7. The Kier molecular flexibility index (Phi) is 8.88. The van der Waals surface area contributed by atoms with Gasteiger partial charge in [0, 0.05) is 10.8 Å². The van der Waals surface area contributed by atoms with E-state index in [1.807, 2.05) is 30.0 Å². The highest BCUT2D eigenvalue weighted by molar-refractivity contribution is 8.04. The fraction of sp³-hybridized carbons (Fsp3) is 0.419. The summed E-state index contributed by atoms with van der Waals surface area (Å²) in [6.07, 6.45) is -1.35. The van der Waals surface area contributed by atoms with E-state index in [1.165, 1.54) is 24.4 Å². The Morgan fingerprint density at radius 3 is 2.40 bits per heavy atom. The van der Waals surface area contributed by atoms with Crippen LogP contribution in [-0.4, -0.2) is 90.5 Å². The number of benzene rings is 2. The normalized spacial score (nSPS) is 20.6. The van der Waals surface area contributed by atoms with Gasteiger partial charge in [-0.25, -0.2) is 19.4 Å². The molecule has 0 saturated carbocycles. The quantitative estimate of drug-likeness (QED) is 0.285. The third kappa shape index (κ3) is 6.79. The molecule has 11 heteroatoms. The summed E-state index contributed by atoms with van der Waals surface area (Å²) in [6, 6.07) is 16.5. The number of carbonyl (C=O) groups is 3. The van der Waals surface area contributed by atoms with E-state index in [1.54, 1.807) is 30.3 Å². The fourth-order valence-corrected chi connectivity index (χ4v) is 6.17. The van der Waals surface area contributed by atoms with E-state index in [2.05, 4.69) is 30.3 Å². The van der Waals surface area contributed by atoms with Crippen LogP contribution < -0.4 is 5.32 Å². The van der Waals surface area contributed by atoms with Crippen molar-refractivity contribution in [3.05, 3.63) is 70.8 Å². The molecular formula is C31H37N4O6S+. The number of likely N-dealkylation sites (N-methyl/N-ethyl adjacent to an activating group) is 1. The molecule has 5 rings (SSSR count). The fourth-order valence-electron chi connectivity index (χ4n) is 5.03. The molecule has 0 aromatic heterocycles. The summed E-state index contributed by atoms with van der Waals surface area (Å²) in [7, 11) is 2.05. The predicted octanol–water partition coefficient (Wildman–Crippen LogP) is 4.32. The predicted molar refractivity (Wildman–Crippen MR) is 161 cm³/mol. The largest absolute Gasteiger partial charge is 0.448 e. The molecule has 2 aromatic rings.